The highest BCUT2D eigenvalue weighted by Crippen LogP contribution is 2.29. The van der Waals surface area contributed by atoms with Gasteiger partial charge in [0.15, 0.2) is 0 Å². The topological polar surface area (TPSA) is 72.9 Å². The number of para-hydroxylation sites is 1. The molecule has 0 aromatic heterocycles. The summed E-state index contributed by atoms with van der Waals surface area (Å²) in [6.07, 6.45) is 0. The van der Waals surface area contributed by atoms with E-state index in [4.69, 9.17) is 11.6 Å². The van der Waals surface area contributed by atoms with Crippen LogP contribution in [0, 0.1) is 5.82 Å². The van der Waals surface area contributed by atoms with Crippen LogP contribution in [0.15, 0.2) is 66.7 Å². The number of aromatic carboxylic acids is 1. The maximum Gasteiger partial charge on any atom is 0.337 e. The van der Waals surface area contributed by atoms with Crippen molar-refractivity contribution in [1.82, 2.24) is 0 Å². The molecule has 4 rings (SSSR count). The van der Waals surface area contributed by atoms with Crippen LogP contribution in [0.4, 0.5) is 21.5 Å². The molecule has 1 fully saturated rings. The van der Waals surface area contributed by atoms with Crippen molar-refractivity contribution in [3.8, 4) is 0 Å². The SMILES string of the molecule is O=C(Nc1ccc(N2CCN(c3ccccc3Cl)CC2)cc1C(=O)O)c1ccccc1F. The Bertz CT molecular complexity index is 1160. The van der Waals surface area contributed by atoms with Crippen LogP contribution < -0.4 is 15.1 Å². The zero-order chi connectivity index (χ0) is 22.7. The lowest BCUT2D eigenvalue weighted by atomic mass is 10.1. The maximum absolute atomic E-state index is 13.9. The summed E-state index contributed by atoms with van der Waals surface area (Å²) in [6.45, 7) is 2.84. The fourth-order valence-corrected chi connectivity index (χ4v) is 4.02. The van der Waals surface area contributed by atoms with E-state index in [0.717, 1.165) is 24.5 Å². The summed E-state index contributed by atoms with van der Waals surface area (Å²) in [4.78, 5) is 28.6. The Morgan fingerprint density at radius 3 is 2.22 bits per heavy atom. The molecule has 0 saturated carbocycles. The van der Waals surface area contributed by atoms with Crippen LogP contribution in [-0.2, 0) is 0 Å². The molecule has 6 nitrogen and oxygen atoms in total. The van der Waals surface area contributed by atoms with E-state index >= 15 is 0 Å². The number of halogens is 2. The number of hydrogen-bond acceptors (Lipinski definition) is 4. The number of piperazine rings is 1. The lowest BCUT2D eigenvalue weighted by molar-refractivity contribution is 0.0698. The molecule has 1 amide bonds. The minimum atomic E-state index is -1.18. The van der Waals surface area contributed by atoms with Crippen LogP contribution in [0.2, 0.25) is 5.02 Å². The van der Waals surface area contributed by atoms with Crippen LogP contribution in [0.25, 0.3) is 0 Å². The molecule has 0 atom stereocenters. The predicted octanol–water partition coefficient (Wildman–Crippen LogP) is 4.76. The number of carbonyl (C=O) groups is 2. The van der Waals surface area contributed by atoms with E-state index in [1.54, 1.807) is 12.1 Å². The lowest BCUT2D eigenvalue weighted by Crippen LogP contribution is -2.46. The van der Waals surface area contributed by atoms with Crippen LogP contribution in [0.5, 0.6) is 0 Å². The van der Waals surface area contributed by atoms with E-state index in [9.17, 15) is 19.1 Å². The van der Waals surface area contributed by atoms with Crippen molar-refractivity contribution in [2.75, 3.05) is 41.3 Å². The molecule has 0 radical (unpaired) electrons. The summed E-state index contributed by atoms with van der Waals surface area (Å²) < 4.78 is 13.9. The van der Waals surface area contributed by atoms with E-state index in [-0.39, 0.29) is 16.8 Å². The van der Waals surface area contributed by atoms with Crippen molar-refractivity contribution in [1.29, 1.82) is 0 Å². The standard InChI is InChI=1S/C24H21ClFN3O3/c25-19-6-2-4-8-22(19)29-13-11-28(12-14-29)16-9-10-21(18(15-16)24(31)32)27-23(30)17-5-1-3-7-20(17)26/h1-10,15H,11-14H2,(H,27,30)(H,31,32). The van der Waals surface area contributed by atoms with Gasteiger partial charge in [0.05, 0.1) is 27.5 Å². The van der Waals surface area contributed by atoms with Gasteiger partial charge in [0.1, 0.15) is 5.82 Å². The minimum Gasteiger partial charge on any atom is -0.478 e. The minimum absolute atomic E-state index is 0.0549. The van der Waals surface area contributed by atoms with Crippen molar-refractivity contribution < 1.29 is 19.1 Å². The van der Waals surface area contributed by atoms with Crippen molar-refractivity contribution in [2.45, 2.75) is 0 Å². The molecule has 1 saturated heterocycles. The third-order valence-electron chi connectivity index (χ3n) is 5.44. The number of nitrogens with one attached hydrogen (secondary N) is 1. The highest BCUT2D eigenvalue weighted by molar-refractivity contribution is 6.33. The highest BCUT2D eigenvalue weighted by atomic mass is 35.5. The Hall–Kier alpha value is -3.58. The number of hydrogen-bond donors (Lipinski definition) is 2. The summed E-state index contributed by atoms with van der Waals surface area (Å²) >= 11 is 6.30. The molecular weight excluding hydrogens is 433 g/mol. The van der Waals surface area contributed by atoms with Gasteiger partial charge in [-0.05, 0) is 42.5 Å². The molecule has 3 aromatic rings. The largest absolute Gasteiger partial charge is 0.478 e. The molecule has 0 bridgehead atoms. The van der Waals surface area contributed by atoms with Gasteiger partial charge < -0.3 is 20.2 Å². The van der Waals surface area contributed by atoms with Gasteiger partial charge in [-0.3, -0.25) is 4.79 Å². The lowest BCUT2D eigenvalue weighted by Gasteiger charge is -2.37. The molecule has 1 heterocycles. The van der Waals surface area contributed by atoms with E-state index in [2.05, 4.69) is 15.1 Å². The summed E-state index contributed by atoms with van der Waals surface area (Å²) in [5.74, 6) is -2.55. The maximum atomic E-state index is 13.9. The van der Waals surface area contributed by atoms with Gasteiger partial charge in [-0.2, -0.15) is 0 Å². The van der Waals surface area contributed by atoms with E-state index in [1.165, 1.54) is 30.3 Å². The number of carbonyl (C=O) groups excluding carboxylic acids is 1. The Kier molecular flexibility index (Phi) is 6.28. The summed E-state index contributed by atoms with van der Waals surface area (Å²) in [5.41, 5.74) is 1.63. The number of carboxylic acid groups (broad SMARTS) is 1. The number of benzene rings is 3. The van der Waals surface area contributed by atoms with E-state index in [1.807, 2.05) is 24.3 Å². The third-order valence-corrected chi connectivity index (χ3v) is 5.76. The molecular formula is C24H21ClFN3O3. The molecule has 3 aromatic carbocycles. The first kappa shape index (κ1) is 21.6. The fourth-order valence-electron chi connectivity index (χ4n) is 3.76. The number of amides is 1. The molecule has 2 N–H and O–H groups in total. The van der Waals surface area contributed by atoms with Crippen molar-refractivity contribution in [3.63, 3.8) is 0 Å². The molecule has 0 spiro atoms. The average Bonchev–Trinajstić information content (AvgIpc) is 2.80. The Morgan fingerprint density at radius 1 is 0.875 bits per heavy atom. The summed E-state index contributed by atoms with van der Waals surface area (Å²) in [5, 5.41) is 12.9. The smallest absolute Gasteiger partial charge is 0.337 e. The molecule has 1 aliphatic heterocycles. The monoisotopic (exact) mass is 453 g/mol. The van der Waals surface area contributed by atoms with Gasteiger partial charge in [0, 0.05) is 31.9 Å². The molecule has 1 aliphatic rings. The Labute approximate surface area is 189 Å². The van der Waals surface area contributed by atoms with Crippen LogP contribution in [-0.4, -0.2) is 43.2 Å². The summed E-state index contributed by atoms with van der Waals surface area (Å²) in [6, 6.07) is 18.1. The van der Waals surface area contributed by atoms with Crippen molar-refractivity contribution in [2.24, 2.45) is 0 Å². The number of anilines is 3. The molecule has 32 heavy (non-hydrogen) atoms. The second kappa shape index (κ2) is 9.28. The zero-order valence-corrected chi connectivity index (χ0v) is 17.8. The first-order valence-electron chi connectivity index (χ1n) is 10.1. The molecule has 0 aliphatic carbocycles. The number of nitrogens with zero attached hydrogens (tertiary/aromatic N) is 2. The van der Waals surface area contributed by atoms with Crippen molar-refractivity contribution in [3.05, 3.63) is 88.7 Å². The summed E-state index contributed by atoms with van der Waals surface area (Å²) in [7, 11) is 0. The van der Waals surface area contributed by atoms with Gasteiger partial charge in [0.25, 0.3) is 5.91 Å². The highest BCUT2D eigenvalue weighted by Gasteiger charge is 2.22. The second-order valence-electron chi connectivity index (χ2n) is 7.39. The van der Waals surface area contributed by atoms with E-state index < -0.39 is 17.7 Å². The van der Waals surface area contributed by atoms with Gasteiger partial charge in [-0.1, -0.05) is 35.9 Å². The third kappa shape index (κ3) is 4.53. The first-order valence-corrected chi connectivity index (χ1v) is 10.5. The average molecular weight is 454 g/mol. The van der Waals surface area contributed by atoms with Crippen LogP contribution in [0.3, 0.4) is 0 Å². The number of rotatable bonds is 5. The normalized spacial score (nSPS) is 13.7. The first-order chi connectivity index (χ1) is 15.4. The van der Waals surface area contributed by atoms with Crippen LogP contribution in [0.1, 0.15) is 20.7 Å². The quantitative estimate of drug-likeness (QED) is 0.583. The van der Waals surface area contributed by atoms with Gasteiger partial charge in [0.2, 0.25) is 0 Å². The fraction of sp³-hybridized carbons (Fsp3) is 0.167. The van der Waals surface area contributed by atoms with Gasteiger partial charge in [-0.15, -0.1) is 0 Å². The molecule has 164 valence electrons. The van der Waals surface area contributed by atoms with Gasteiger partial charge in [-0.25, -0.2) is 9.18 Å². The van der Waals surface area contributed by atoms with Crippen molar-refractivity contribution >= 4 is 40.5 Å². The number of carboxylic acids is 1. The molecule has 0 unspecified atom stereocenters. The van der Waals surface area contributed by atoms with E-state index in [0.29, 0.717) is 18.1 Å². The zero-order valence-electron chi connectivity index (χ0n) is 17.1. The van der Waals surface area contributed by atoms with Gasteiger partial charge >= 0.3 is 5.97 Å². The Balaban J connectivity index is 1.50. The van der Waals surface area contributed by atoms with Crippen LogP contribution >= 0.6 is 11.6 Å². The molecule has 8 heteroatoms. The second-order valence-corrected chi connectivity index (χ2v) is 7.80. The predicted molar refractivity (Wildman–Crippen MR) is 124 cm³/mol. The Morgan fingerprint density at radius 2 is 1.53 bits per heavy atom.